The van der Waals surface area contributed by atoms with Crippen LogP contribution in [0.2, 0.25) is 0 Å². The van der Waals surface area contributed by atoms with Crippen molar-refractivity contribution in [1.82, 2.24) is 14.5 Å². The van der Waals surface area contributed by atoms with Crippen LogP contribution in [0.15, 0.2) is 41.8 Å². The normalized spacial score (nSPS) is 10.8. The number of carbonyl (C=O) groups is 1. The maximum atomic E-state index is 11.6. The smallest absolute Gasteiger partial charge is 0.248 e. The average Bonchev–Trinajstić information content (AvgIpc) is 3.11. The molecule has 0 atom stereocenters. The summed E-state index contributed by atoms with van der Waals surface area (Å²) < 4.78 is 7.47. The molecule has 0 radical (unpaired) electrons. The summed E-state index contributed by atoms with van der Waals surface area (Å²) in [6.45, 7) is 8.04. The van der Waals surface area contributed by atoms with Gasteiger partial charge in [0.25, 0.3) is 0 Å². The highest BCUT2D eigenvalue weighted by Gasteiger charge is 2.17. The molecule has 3 heterocycles. The number of carbonyl (C=O) groups excluding carboxylic acids is 1. The molecule has 0 aliphatic heterocycles. The van der Waals surface area contributed by atoms with Crippen molar-refractivity contribution in [3.63, 3.8) is 0 Å². The second kappa shape index (κ2) is 5.48. The molecular formula is C16H16N4O2. The van der Waals surface area contributed by atoms with Gasteiger partial charge in [0, 0.05) is 5.69 Å². The van der Waals surface area contributed by atoms with E-state index in [0.717, 1.165) is 28.1 Å². The Bertz CT molecular complexity index is 847. The molecule has 112 valence electrons. The molecule has 0 saturated carbocycles. The first kappa shape index (κ1) is 14.1. The van der Waals surface area contributed by atoms with Crippen LogP contribution < -0.4 is 5.32 Å². The number of fused-ring (bicyclic) bond motifs is 1. The van der Waals surface area contributed by atoms with Gasteiger partial charge in [-0.05, 0) is 37.6 Å². The van der Waals surface area contributed by atoms with Gasteiger partial charge in [0.2, 0.25) is 5.91 Å². The molecule has 0 aromatic carbocycles. The monoisotopic (exact) mass is 296 g/mol. The van der Waals surface area contributed by atoms with E-state index in [2.05, 4.69) is 26.4 Å². The fourth-order valence-corrected chi connectivity index (χ4v) is 2.48. The van der Waals surface area contributed by atoms with Crippen LogP contribution in [0.3, 0.4) is 0 Å². The molecule has 0 aliphatic carbocycles. The van der Waals surface area contributed by atoms with Gasteiger partial charge in [0.1, 0.15) is 23.6 Å². The van der Waals surface area contributed by atoms with Gasteiger partial charge < -0.3 is 14.3 Å². The molecule has 1 N–H and O–H groups in total. The Morgan fingerprint density at radius 1 is 1.45 bits per heavy atom. The topological polar surface area (TPSA) is 73.0 Å². The highest BCUT2D eigenvalue weighted by molar-refractivity contribution is 6.04. The quantitative estimate of drug-likeness (QED) is 0.751. The van der Waals surface area contributed by atoms with Crippen molar-refractivity contribution in [3.05, 3.63) is 54.4 Å². The summed E-state index contributed by atoms with van der Waals surface area (Å²) in [7, 11) is 0. The standard InChI is InChI=1S/C16H16N4O2/c1-4-13(21)19-15-14-10(2)11(3)20(16(14)18-9-17-15)8-12-6-5-7-22-12/h4-7,9H,1,8H2,2-3H3,(H,17,18,19,21). The number of rotatable bonds is 4. The number of anilines is 1. The predicted molar refractivity (Wildman–Crippen MR) is 83.6 cm³/mol. The Kier molecular flexibility index (Phi) is 3.50. The number of nitrogens with zero attached hydrogens (tertiary/aromatic N) is 3. The minimum atomic E-state index is -0.296. The molecule has 3 aromatic rings. The lowest BCUT2D eigenvalue weighted by Gasteiger charge is -2.06. The zero-order chi connectivity index (χ0) is 15.7. The number of hydrogen-bond acceptors (Lipinski definition) is 4. The Labute approximate surface area is 127 Å². The van der Waals surface area contributed by atoms with Crippen molar-refractivity contribution in [2.75, 3.05) is 5.32 Å². The van der Waals surface area contributed by atoms with E-state index in [1.807, 2.05) is 26.0 Å². The van der Waals surface area contributed by atoms with Crippen molar-refractivity contribution in [2.24, 2.45) is 0 Å². The Morgan fingerprint density at radius 3 is 2.95 bits per heavy atom. The molecule has 6 nitrogen and oxygen atoms in total. The molecule has 3 aromatic heterocycles. The van der Waals surface area contributed by atoms with E-state index >= 15 is 0 Å². The molecule has 0 unspecified atom stereocenters. The maximum absolute atomic E-state index is 11.6. The predicted octanol–water partition coefficient (Wildman–Crippen LogP) is 2.81. The summed E-state index contributed by atoms with van der Waals surface area (Å²) >= 11 is 0. The van der Waals surface area contributed by atoms with Gasteiger partial charge in [-0.1, -0.05) is 6.58 Å². The van der Waals surface area contributed by atoms with E-state index in [-0.39, 0.29) is 5.91 Å². The van der Waals surface area contributed by atoms with E-state index in [1.165, 1.54) is 12.4 Å². The number of furan rings is 1. The highest BCUT2D eigenvalue weighted by atomic mass is 16.3. The number of hydrogen-bond donors (Lipinski definition) is 1. The minimum Gasteiger partial charge on any atom is -0.467 e. The van der Waals surface area contributed by atoms with Gasteiger partial charge in [-0.2, -0.15) is 0 Å². The van der Waals surface area contributed by atoms with E-state index in [9.17, 15) is 4.79 Å². The minimum absolute atomic E-state index is 0.296. The SMILES string of the molecule is C=CC(=O)Nc1ncnc2c1c(C)c(C)n2Cc1ccco1. The van der Waals surface area contributed by atoms with Crippen LogP contribution in [0.25, 0.3) is 11.0 Å². The van der Waals surface area contributed by atoms with Crippen LogP contribution in [0, 0.1) is 13.8 Å². The van der Waals surface area contributed by atoms with Gasteiger partial charge in [-0.15, -0.1) is 0 Å². The van der Waals surface area contributed by atoms with Gasteiger partial charge in [0.05, 0.1) is 18.2 Å². The van der Waals surface area contributed by atoms with Crippen molar-refractivity contribution >= 4 is 22.8 Å². The number of amides is 1. The lowest BCUT2D eigenvalue weighted by Crippen LogP contribution is -2.09. The van der Waals surface area contributed by atoms with Crippen LogP contribution in [0.5, 0.6) is 0 Å². The average molecular weight is 296 g/mol. The van der Waals surface area contributed by atoms with Crippen molar-refractivity contribution in [3.8, 4) is 0 Å². The van der Waals surface area contributed by atoms with Gasteiger partial charge >= 0.3 is 0 Å². The Morgan fingerprint density at radius 2 is 2.27 bits per heavy atom. The Hall–Kier alpha value is -2.89. The maximum Gasteiger partial charge on any atom is 0.248 e. The summed E-state index contributed by atoms with van der Waals surface area (Å²) in [5.41, 5.74) is 2.85. The third-order valence-corrected chi connectivity index (χ3v) is 3.73. The molecular weight excluding hydrogens is 280 g/mol. The summed E-state index contributed by atoms with van der Waals surface area (Å²) in [6.07, 6.45) is 4.31. The fourth-order valence-electron chi connectivity index (χ4n) is 2.48. The third kappa shape index (κ3) is 2.28. The van der Waals surface area contributed by atoms with Crippen molar-refractivity contribution in [1.29, 1.82) is 0 Å². The molecule has 6 heteroatoms. The first-order valence-electron chi connectivity index (χ1n) is 6.88. The van der Waals surface area contributed by atoms with E-state index < -0.39 is 0 Å². The molecule has 1 amide bonds. The van der Waals surface area contributed by atoms with Gasteiger partial charge in [-0.25, -0.2) is 9.97 Å². The molecule has 0 aliphatic rings. The Balaban J connectivity index is 2.14. The first-order chi connectivity index (χ1) is 10.6. The van der Waals surface area contributed by atoms with Gasteiger partial charge in [0.15, 0.2) is 0 Å². The largest absolute Gasteiger partial charge is 0.467 e. The van der Waals surface area contributed by atoms with Gasteiger partial charge in [-0.3, -0.25) is 4.79 Å². The second-order valence-corrected chi connectivity index (χ2v) is 4.99. The lowest BCUT2D eigenvalue weighted by atomic mass is 10.2. The number of aromatic nitrogens is 3. The van der Waals surface area contributed by atoms with Crippen LogP contribution in [0.4, 0.5) is 5.82 Å². The van der Waals surface area contributed by atoms with E-state index in [0.29, 0.717) is 12.4 Å². The third-order valence-electron chi connectivity index (χ3n) is 3.73. The van der Waals surface area contributed by atoms with Crippen LogP contribution >= 0.6 is 0 Å². The first-order valence-corrected chi connectivity index (χ1v) is 6.88. The van der Waals surface area contributed by atoms with E-state index in [1.54, 1.807) is 6.26 Å². The van der Waals surface area contributed by atoms with Crippen LogP contribution in [-0.4, -0.2) is 20.4 Å². The lowest BCUT2D eigenvalue weighted by molar-refractivity contribution is -0.111. The zero-order valence-electron chi connectivity index (χ0n) is 12.5. The summed E-state index contributed by atoms with van der Waals surface area (Å²) in [5.74, 6) is 1.04. The highest BCUT2D eigenvalue weighted by Crippen LogP contribution is 2.29. The molecule has 0 spiro atoms. The molecule has 0 fully saturated rings. The van der Waals surface area contributed by atoms with Crippen LogP contribution in [-0.2, 0) is 11.3 Å². The van der Waals surface area contributed by atoms with Crippen LogP contribution in [0.1, 0.15) is 17.0 Å². The van der Waals surface area contributed by atoms with Crippen molar-refractivity contribution in [2.45, 2.75) is 20.4 Å². The number of aryl methyl sites for hydroxylation is 1. The number of nitrogens with one attached hydrogen (secondary N) is 1. The summed E-state index contributed by atoms with van der Waals surface area (Å²) in [4.78, 5) is 20.1. The summed E-state index contributed by atoms with van der Waals surface area (Å²) in [5, 5.41) is 3.56. The van der Waals surface area contributed by atoms with E-state index in [4.69, 9.17) is 4.42 Å². The zero-order valence-corrected chi connectivity index (χ0v) is 12.5. The molecule has 3 rings (SSSR count). The summed E-state index contributed by atoms with van der Waals surface area (Å²) in [6, 6.07) is 3.77. The molecule has 0 bridgehead atoms. The fraction of sp³-hybridized carbons (Fsp3) is 0.188. The molecule has 0 saturated heterocycles. The second-order valence-electron chi connectivity index (χ2n) is 4.99. The van der Waals surface area contributed by atoms with Crippen molar-refractivity contribution < 1.29 is 9.21 Å². The molecule has 22 heavy (non-hydrogen) atoms.